The van der Waals surface area contributed by atoms with Gasteiger partial charge in [0.05, 0.1) is 13.1 Å². The van der Waals surface area contributed by atoms with Crippen LogP contribution in [-0.4, -0.2) is 35.7 Å². The maximum Gasteiger partial charge on any atom is 0.128 e. The van der Waals surface area contributed by atoms with Gasteiger partial charge in [0.25, 0.3) is 0 Å². The number of benzene rings is 2. The topological polar surface area (TPSA) is 65.2 Å². The largest absolute Gasteiger partial charge is 0.507 e. The number of aliphatic imine (C=N–C) groups is 2. The molecule has 2 N–H and O–H groups in total. The summed E-state index contributed by atoms with van der Waals surface area (Å²) in [6.07, 6.45) is 3.51. The van der Waals surface area contributed by atoms with Crippen molar-refractivity contribution in [3.05, 3.63) is 65.1 Å². The molecule has 1 radical (unpaired) electrons. The Bertz CT molecular complexity index is 1040. The van der Waals surface area contributed by atoms with Crippen LogP contribution in [0.3, 0.4) is 0 Å². The van der Waals surface area contributed by atoms with E-state index in [2.05, 4.69) is 105 Å². The Morgan fingerprint density at radius 2 is 0.842 bits per heavy atom. The Kier molecular flexibility index (Phi) is 12.1. The molecule has 0 aliphatic heterocycles. The van der Waals surface area contributed by atoms with Gasteiger partial charge in [0.15, 0.2) is 0 Å². The molecule has 0 aliphatic rings. The number of hydrogen-bond acceptors (Lipinski definition) is 4. The van der Waals surface area contributed by atoms with Crippen LogP contribution in [0.2, 0.25) is 0 Å². The molecule has 0 fully saturated rings. The molecule has 0 bridgehead atoms. The first-order valence-electron chi connectivity index (χ1n) is 13.0. The predicted octanol–water partition coefficient (Wildman–Crippen LogP) is 8.27. The Morgan fingerprint density at radius 1 is 0.553 bits per heavy atom. The minimum Gasteiger partial charge on any atom is -0.507 e. The van der Waals surface area contributed by atoms with E-state index in [-0.39, 0.29) is 45.9 Å². The van der Waals surface area contributed by atoms with Gasteiger partial charge >= 0.3 is 0 Å². The number of phenols is 2. The Balaban J connectivity index is 0.00000684. The molecule has 2 rings (SSSR count). The minimum atomic E-state index is -0.173. The molecule has 0 spiro atoms. The molecule has 5 heteroatoms. The molecule has 0 amide bonds. The van der Waals surface area contributed by atoms with E-state index in [1.165, 1.54) is 11.1 Å². The van der Waals surface area contributed by atoms with Gasteiger partial charge in [-0.05, 0) is 44.9 Å². The zero-order valence-electron chi connectivity index (χ0n) is 26.0. The van der Waals surface area contributed by atoms with Crippen molar-refractivity contribution in [2.75, 3.05) is 13.1 Å². The molecule has 0 saturated heterocycles. The minimum absolute atomic E-state index is 0. The quantitative estimate of drug-likeness (QED) is 0.217. The van der Waals surface area contributed by atoms with Gasteiger partial charge in [-0.3, -0.25) is 9.98 Å². The maximum absolute atomic E-state index is 10.9. The monoisotopic (exact) mass is 566 g/mol. The third-order valence-corrected chi connectivity index (χ3v) is 6.45. The van der Waals surface area contributed by atoms with Crippen molar-refractivity contribution in [1.82, 2.24) is 0 Å². The molecule has 2 aromatic carbocycles. The van der Waals surface area contributed by atoms with Gasteiger partial charge in [0, 0.05) is 51.5 Å². The average Bonchev–Trinajstić information content (AvgIpc) is 2.69. The SMILES string of the molecule is CC(C)(C)c1cc(C=NCCN=Cc2cc(C(C)(C)C)cc(C(C)(C)C)c2O)c(O)c(C(C)(C)C)c1.[CH3-].[Co]. The van der Waals surface area contributed by atoms with Gasteiger partial charge in [-0.2, -0.15) is 0 Å². The Hall–Kier alpha value is -2.11. The summed E-state index contributed by atoms with van der Waals surface area (Å²) in [5.74, 6) is 0.586. The standard InChI is InChI=1S/C32H48N2O2.CH3.Co/c1-29(2,3)23-15-21(27(35)25(17-23)31(7,8)9)19-33-13-14-34-20-22-16-24(30(4,5)6)18-26(28(22)36)32(10,11)12;;/h15-20,35-36H,13-14H2,1-12H3;1H3;/q;-1;. The van der Waals surface area contributed by atoms with Gasteiger partial charge in [-0.15, -0.1) is 0 Å². The summed E-state index contributed by atoms with van der Waals surface area (Å²) in [4.78, 5) is 9.11. The summed E-state index contributed by atoms with van der Waals surface area (Å²) in [7, 11) is 0. The Morgan fingerprint density at radius 3 is 1.08 bits per heavy atom. The fraction of sp³-hybridized carbons (Fsp3) is 0.545. The molecule has 215 valence electrons. The maximum atomic E-state index is 10.9. The van der Waals surface area contributed by atoms with Crippen LogP contribution in [0.1, 0.15) is 116 Å². The predicted molar refractivity (Wildman–Crippen MR) is 162 cm³/mol. The van der Waals surface area contributed by atoms with Crippen LogP contribution in [0.25, 0.3) is 0 Å². The molecule has 0 atom stereocenters. The first-order chi connectivity index (χ1) is 16.2. The smallest absolute Gasteiger partial charge is 0.128 e. The number of hydrogen-bond donors (Lipinski definition) is 2. The van der Waals surface area contributed by atoms with Crippen LogP contribution >= 0.6 is 0 Å². The second-order valence-corrected chi connectivity index (χ2v) is 14.0. The van der Waals surface area contributed by atoms with E-state index in [9.17, 15) is 10.2 Å². The van der Waals surface area contributed by atoms with Gasteiger partial charge in [0.1, 0.15) is 11.5 Å². The van der Waals surface area contributed by atoms with E-state index < -0.39 is 0 Å². The first-order valence-corrected chi connectivity index (χ1v) is 13.0. The second kappa shape index (κ2) is 12.8. The van der Waals surface area contributed by atoms with Gasteiger partial charge in [-0.25, -0.2) is 0 Å². The normalized spacial score (nSPS) is 13.1. The molecular formula is C33H51CoN2O2-. The van der Waals surface area contributed by atoms with Gasteiger partial charge in [0.2, 0.25) is 0 Å². The average molecular weight is 567 g/mol. The van der Waals surface area contributed by atoms with Crippen molar-refractivity contribution in [2.24, 2.45) is 9.98 Å². The molecule has 0 saturated carbocycles. The number of rotatable bonds is 5. The molecule has 38 heavy (non-hydrogen) atoms. The molecule has 0 aliphatic carbocycles. The molecule has 4 nitrogen and oxygen atoms in total. The van der Waals surface area contributed by atoms with Gasteiger partial charge < -0.3 is 17.6 Å². The summed E-state index contributed by atoms with van der Waals surface area (Å²) in [6, 6.07) is 8.28. The van der Waals surface area contributed by atoms with Crippen LogP contribution < -0.4 is 0 Å². The molecule has 0 heterocycles. The van der Waals surface area contributed by atoms with Crippen LogP contribution in [0.4, 0.5) is 0 Å². The number of aromatic hydroxyl groups is 2. The number of phenolic OH excluding ortho intramolecular Hbond substituents is 2. The van der Waals surface area contributed by atoms with Crippen LogP contribution in [0.15, 0.2) is 34.3 Å². The number of nitrogens with zero attached hydrogens (tertiary/aromatic N) is 2. The van der Waals surface area contributed by atoms with E-state index in [4.69, 9.17) is 0 Å². The fourth-order valence-corrected chi connectivity index (χ4v) is 3.96. The van der Waals surface area contributed by atoms with E-state index in [1.807, 2.05) is 12.1 Å². The fourth-order valence-electron chi connectivity index (χ4n) is 3.96. The van der Waals surface area contributed by atoms with E-state index >= 15 is 0 Å². The first kappa shape index (κ1) is 35.9. The third-order valence-electron chi connectivity index (χ3n) is 6.45. The van der Waals surface area contributed by atoms with E-state index in [0.29, 0.717) is 24.6 Å². The van der Waals surface area contributed by atoms with Crippen molar-refractivity contribution in [3.63, 3.8) is 0 Å². The van der Waals surface area contributed by atoms with E-state index in [1.54, 1.807) is 12.4 Å². The van der Waals surface area contributed by atoms with Crippen molar-refractivity contribution < 1.29 is 27.0 Å². The van der Waals surface area contributed by atoms with Crippen molar-refractivity contribution >= 4 is 12.4 Å². The zero-order chi connectivity index (χ0) is 27.7. The van der Waals surface area contributed by atoms with Crippen LogP contribution in [0, 0.1) is 7.43 Å². The van der Waals surface area contributed by atoms with Crippen molar-refractivity contribution in [2.45, 2.75) is 105 Å². The Labute approximate surface area is 243 Å². The molecule has 0 aromatic heterocycles. The van der Waals surface area contributed by atoms with Crippen molar-refractivity contribution in [3.8, 4) is 11.5 Å². The molecule has 0 unspecified atom stereocenters. The summed E-state index contributed by atoms with van der Waals surface area (Å²) < 4.78 is 0. The van der Waals surface area contributed by atoms with Crippen molar-refractivity contribution in [1.29, 1.82) is 0 Å². The summed E-state index contributed by atoms with van der Waals surface area (Å²) >= 11 is 0. The third kappa shape index (κ3) is 9.27. The summed E-state index contributed by atoms with van der Waals surface area (Å²) in [5.41, 5.74) is 5.27. The second-order valence-electron chi connectivity index (χ2n) is 14.0. The zero-order valence-corrected chi connectivity index (χ0v) is 27.0. The van der Waals surface area contributed by atoms with Crippen LogP contribution in [-0.2, 0) is 38.4 Å². The molecular weight excluding hydrogens is 515 g/mol. The van der Waals surface area contributed by atoms with E-state index in [0.717, 1.165) is 22.3 Å². The van der Waals surface area contributed by atoms with Crippen LogP contribution in [0.5, 0.6) is 11.5 Å². The van der Waals surface area contributed by atoms with Gasteiger partial charge in [-0.1, -0.05) is 95.2 Å². The summed E-state index contributed by atoms with van der Waals surface area (Å²) in [6.45, 7) is 26.7. The molecule has 2 aromatic rings. The summed E-state index contributed by atoms with van der Waals surface area (Å²) in [5, 5.41) is 21.9.